The maximum absolute atomic E-state index is 11.1. The molecule has 0 spiro atoms. The minimum atomic E-state index is -0.605. The fraction of sp³-hybridized carbons (Fsp3) is 0.350. The zero-order chi connectivity index (χ0) is 18.9. The van der Waals surface area contributed by atoms with E-state index in [1.54, 1.807) is 18.2 Å². The predicted octanol–water partition coefficient (Wildman–Crippen LogP) is 1.81. The Labute approximate surface area is 153 Å². The number of nitrogens with one attached hydrogen (secondary N) is 1. The number of aliphatic hydroxyl groups is 1. The van der Waals surface area contributed by atoms with Crippen molar-refractivity contribution in [2.75, 3.05) is 26.3 Å². The summed E-state index contributed by atoms with van der Waals surface area (Å²) >= 11 is 0. The number of para-hydroxylation sites is 1. The Morgan fingerprint density at radius 3 is 2.54 bits per heavy atom. The van der Waals surface area contributed by atoms with Gasteiger partial charge in [-0.2, -0.15) is 0 Å². The number of benzene rings is 2. The highest BCUT2D eigenvalue weighted by Crippen LogP contribution is 2.19. The quantitative estimate of drug-likeness (QED) is 0.563. The topological polar surface area (TPSA) is 93.8 Å². The largest absolute Gasteiger partial charge is 0.492 e. The lowest BCUT2D eigenvalue weighted by Crippen LogP contribution is -2.33. The molecule has 0 aromatic heterocycles. The third-order valence-corrected chi connectivity index (χ3v) is 3.90. The highest BCUT2D eigenvalue weighted by Gasteiger charge is 2.07. The van der Waals surface area contributed by atoms with Gasteiger partial charge in [-0.15, -0.1) is 0 Å². The van der Waals surface area contributed by atoms with Crippen LogP contribution in [0.4, 0.5) is 0 Å². The van der Waals surface area contributed by atoms with Crippen LogP contribution in [0.5, 0.6) is 11.5 Å². The first-order chi connectivity index (χ1) is 12.5. The van der Waals surface area contributed by atoms with E-state index in [4.69, 9.17) is 15.2 Å². The molecular weight excluding hydrogens is 332 g/mol. The van der Waals surface area contributed by atoms with E-state index in [1.165, 1.54) is 0 Å². The maximum Gasteiger partial charge on any atom is 0.248 e. The van der Waals surface area contributed by atoms with E-state index < -0.39 is 12.0 Å². The highest BCUT2D eigenvalue weighted by molar-refractivity contribution is 5.93. The molecule has 2 aromatic carbocycles. The molecule has 140 valence electrons. The molecule has 6 nitrogen and oxygen atoms in total. The maximum atomic E-state index is 11.1. The molecule has 0 aliphatic rings. The van der Waals surface area contributed by atoms with Gasteiger partial charge in [-0.3, -0.25) is 4.79 Å². The van der Waals surface area contributed by atoms with Crippen molar-refractivity contribution in [1.29, 1.82) is 0 Å². The number of hydrogen-bond acceptors (Lipinski definition) is 5. The van der Waals surface area contributed by atoms with Gasteiger partial charge >= 0.3 is 0 Å². The molecule has 1 unspecified atom stereocenters. The summed E-state index contributed by atoms with van der Waals surface area (Å²) in [5, 5.41) is 13.1. The molecule has 26 heavy (non-hydrogen) atoms. The van der Waals surface area contributed by atoms with E-state index in [0.717, 1.165) is 16.9 Å². The molecule has 0 aliphatic heterocycles. The second-order valence-corrected chi connectivity index (χ2v) is 6.13. The number of ether oxygens (including phenoxy) is 2. The first kappa shape index (κ1) is 19.8. The standard InChI is InChI=1S/C20H26N2O4/c1-14-5-3-4-6-18(14)26-13-17(23)12-22-9-10-25-19-8-7-16(20(21)24)11-15(19)2/h3-8,11,17,22-23H,9-10,12-13H2,1-2H3,(H2,21,24). The van der Waals surface area contributed by atoms with Crippen LogP contribution in [0.1, 0.15) is 21.5 Å². The first-order valence-electron chi connectivity index (χ1n) is 8.58. The molecule has 4 N–H and O–H groups in total. The monoisotopic (exact) mass is 358 g/mol. The molecule has 0 aliphatic carbocycles. The summed E-state index contributed by atoms with van der Waals surface area (Å²) in [6.07, 6.45) is -0.605. The van der Waals surface area contributed by atoms with Gasteiger partial charge in [0.05, 0.1) is 0 Å². The van der Waals surface area contributed by atoms with E-state index >= 15 is 0 Å². The third kappa shape index (κ3) is 6.06. The van der Waals surface area contributed by atoms with Crippen LogP contribution in [-0.4, -0.2) is 43.4 Å². The predicted molar refractivity (Wildman–Crippen MR) is 101 cm³/mol. The van der Waals surface area contributed by atoms with E-state index in [1.807, 2.05) is 38.1 Å². The van der Waals surface area contributed by atoms with Crippen LogP contribution in [0.25, 0.3) is 0 Å². The molecule has 1 amide bonds. The van der Waals surface area contributed by atoms with Crippen LogP contribution in [0.15, 0.2) is 42.5 Å². The molecule has 0 saturated heterocycles. The molecule has 0 fully saturated rings. The summed E-state index contributed by atoms with van der Waals surface area (Å²) in [6, 6.07) is 12.8. The van der Waals surface area contributed by atoms with Gasteiger partial charge in [-0.1, -0.05) is 18.2 Å². The van der Waals surface area contributed by atoms with Crippen LogP contribution in [-0.2, 0) is 0 Å². The van der Waals surface area contributed by atoms with Gasteiger partial charge in [0.2, 0.25) is 5.91 Å². The van der Waals surface area contributed by atoms with Crippen molar-refractivity contribution in [3.8, 4) is 11.5 Å². The number of carbonyl (C=O) groups excluding carboxylic acids is 1. The Hall–Kier alpha value is -2.57. The van der Waals surface area contributed by atoms with Crippen molar-refractivity contribution >= 4 is 5.91 Å². The van der Waals surface area contributed by atoms with Crippen molar-refractivity contribution in [3.05, 3.63) is 59.2 Å². The second kappa shape index (κ2) is 9.79. The Bertz CT molecular complexity index is 734. The van der Waals surface area contributed by atoms with Crippen molar-refractivity contribution < 1.29 is 19.4 Å². The van der Waals surface area contributed by atoms with Gasteiger partial charge in [-0.25, -0.2) is 0 Å². The second-order valence-electron chi connectivity index (χ2n) is 6.13. The average molecular weight is 358 g/mol. The number of rotatable bonds is 10. The van der Waals surface area contributed by atoms with Gasteiger partial charge in [-0.05, 0) is 49.2 Å². The number of amides is 1. The van der Waals surface area contributed by atoms with Crippen LogP contribution in [0, 0.1) is 13.8 Å². The van der Waals surface area contributed by atoms with Crippen molar-refractivity contribution in [2.24, 2.45) is 5.73 Å². The Morgan fingerprint density at radius 1 is 1.12 bits per heavy atom. The Kier molecular flexibility index (Phi) is 7.44. The van der Waals surface area contributed by atoms with Crippen molar-refractivity contribution in [1.82, 2.24) is 5.32 Å². The minimum absolute atomic E-state index is 0.229. The van der Waals surface area contributed by atoms with Gasteiger partial charge < -0.3 is 25.6 Å². The lowest BCUT2D eigenvalue weighted by molar-refractivity contribution is 0.1000. The molecule has 2 aromatic rings. The summed E-state index contributed by atoms with van der Waals surface area (Å²) in [4.78, 5) is 11.1. The number of aliphatic hydroxyl groups excluding tert-OH is 1. The zero-order valence-electron chi connectivity index (χ0n) is 15.2. The van der Waals surface area contributed by atoms with Gasteiger partial charge in [0.1, 0.15) is 30.8 Å². The van der Waals surface area contributed by atoms with E-state index in [9.17, 15) is 9.90 Å². The SMILES string of the molecule is Cc1cc(C(N)=O)ccc1OCCNCC(O)COc1ccccc1C. The smallest absolute Gasteiger partial charge is 0.248 e. The number of carbonyl (C=O) groups is 1. The van der Waals surface area contributed by atoms with Gasteiger partial charge in [0.15, 0.2) is 0 Å². The molecule has 0 radical (unpaired) electrons. The van der Waals surface area contributed by atoms with Crippen molar-refractivity contribution in [2.45, 2.75) is 20.0 Å². The lowest BCUT2D eigenvalue weighted by Gasteiger charge is -2.15. The van der Waals surface area contributed by atoms with Crippen LogP contribution in [0.3, 0.4) is 0 Å². The molecular formula is C20H26N2O4. The van der Waals surface area contributed by atoms with E-state index in [0.29, 0.717) is 31.0 Å². The summed E-state index contributed by atoms with van der Waals surface area (Å²) < 4.78 is 11.3. The van der Waals surface area contributed by atoms with Gasteiger partial charge in [0.25, 0.3) is 0 Å². The van der Waals surface area contributed by atoms with E-state index in [2.05, 4.69) is 5.32 Å². The Morgan fingerprint density at radius 2 is 1.85 bits per heavy atom. The summed E-state index contributed by atoms with van der Waals surface area (Å²) in [7, 11) is 0. The summed E-state index contributed by atoms with van der Waals surface area (Å²) in [5.41, 5.74) is 7.60. The first-order valence-corrected chi connectivity index (χ1v) is 8.58. The van der Waals surface area contributed by atoms with Crippen LogP contribution in [0.2, 0.25) is 0 Å². The third-order valence-electron chi connectivity index (χ3n) is 3.90. The molecule has 0 saturated carbocycles. The summed E-state index contributed by atoms with van der Waals surface area (Å²) in [5.74, 6) is 1.04. The van der Waals surface area contributed by atoms with Crippen LogP contribution >= 0.6 is 0 Å². The summed E-state index contributed by atoms with van der Waals surface area (Å²) in [6.45, 7) is 5.50. The van der Waals surface area contributed by atoms with Gasteiger partial charge in [0, 0.05) is 18.7 Å². The normalized spacial score (nSPS) is 11.8. The minimum Gasteiger partial charge on any atom is -0.492 e. The molecule has 0 heterocycles. The number of nitrogens with two attached hydrogens (primary N) is 1. The number of primary amides is 1. The molecule has 1 atom stereocenters. The molecule has 0 bridgehead atoms. The lowest BCUT2D eigenvalue weighted by atomic mass is 10.1. The average Bonchev–Trinajstić information content (AvgIpc) is 2.61. The fourth-order valence-electron chi connectivity index (χ4n) is 2.43. The van der Waals surface area contributed by atoms with Crippen molar-refractivity contribution in [3.63, 3.8) is 0 Å². The fourth-order valence-corrected chi connectivity index (χ4v) is 2.43. The molecule has 6 heteroatoms. The molecule has 2 rings (SSSR count). The highest BCUT2D eigenvalue weighted by atomic mass is 16.5. The Balaban J connectivity index is 1.64. The number of hydrogen-bond donors (Lipinski definition) is 3. The van der Waals surface area contributed by atoms with E-state index in [-0.39, 0.29) is 6.61 Å². The zero-order valence-corrected chi connectivity index (χ0v) is 15.2. The number of aryl methyl sites for hydroxylation is 2. The van der Waals surface area contributed by atoms with Crippen LogP contribution < -0.4 is 20.5 Å².